The Morgan fingerprint density at radius 3 is 2.28 bits per heavy atom. The molecule has 0 fully saturated rings. The van der Waals surface area contributed by atoms with Gasteiger partial charge in [0.25, 0.3) is 0 Å². The molecule has 0 aromatic heterocycles. The van der Waals surface area contributed by atoms with Crippen LogP contribution >= 0.6 is 12.2 Å². The third-order valence-corrected chi connectivity index (χ3v) is 3.92. The minimum absolute atomic E-state index is 0.139. The molecule has 0 aliphatic heterocycles. The summed E-state index contributed by atoms with van der Waals surface area (Å²) in [6, 6.07) is 7.48. The maximum Gasteiger partial charge on any atom is 0.337 e. The zero-order chi connectivity index (χ0) is 13.8. The molecule has 18 heavy (non-hydrogen) atoms. The molecular formula is C15H20O2S. The molecule has 1 rings (SSSR count). The zero-order valence-electron chi connectivity index (χ0n) is 11.4. The molecule has 0 saturated heterocycles. The van der Waals surface area contributed by atoms with Crippen LogP contribution in [0.1, 0.15) is 49.5 Å². The SMILES string of the molecule is CCCC(=S)C(C)(C)c1ccc(C(=O)OC)cc1. The minimum atomic E-state index is -0.310. The number of rotatable bonds is 5. The first kappa shape index (κ1) is 14.8. The van der Waals surface area contributed by atoms with E-state index < -0.39 is 0 Å². The van der Waals surface area contributed by atoms with E-state index in [1.807, 2.05) is 12.1 Å². The van der Waals surface area contributed by atoms with Crippen molar-refractivity contribution in [2.45, 2.75) is 39.0 Å². The van der Waals surface area contributed by atoms with Gasteiger partial charge in [-0.2, -0.15) is 0 Å². The molecule has 0 bridgehead atoms. The van der Waals surface area contributed by atoms with Crippen LogP contribution in [-0.2, 0) is 10.2 Å². The molecule has 0 spiro atoms. The lowest BCUT2D eigenvalue weighted by molar-refractivity contribution is 0.0600. The predicted molar refractivity (Wildman–Crippen MR) is 78.3 cm³/mol. The highest BCUT2D eigenvalue weighted by Gasteiger charge is 2.25. The molecule has 0 radical (unpaired) electrons. The Hall–Kier alpha value is -1.22. The monoisotopic (exact) mass is 264 g/mol. The number of hydrogen-bond acceptors (Lipinski definition) is 3. The van der Waals surface area contributed by atoms with Gasteiger partial charge in [-0.15, -0.1) is 0 Å². The van der Waals surface area contributed by atoms with E-state index in [1.165, 1.54) is 7.11 Å². The molecule has 0 aliphatic carbocycles. The van der Waals surface area contributed by atoms with E-state index in [-0.39, 0.29) is 11.4 Å². The topological polar surface area (TPSA) is 26.3 Å². The summed E-state index contributed by atoms with van der Waals surface area (Å²) in [6.45, 7) is 6.37. The quantitative estimate of drug-likeness (QED) is 0.595. The second-order valence-electron chi connectivity index (χ2n) is 4.87. The molecule has 0 heterocycles. The van der Waals surface area contributed by atoms with Gasteiger partial charge in [0.05, 0.1) is 12.7 Å². The van der Waals surface area contributed by atoms with Gasteiger partial charge in [-0.25, -0.2) is 4.79 Å². The smallest absolute Gasteiger partial charge is 0.337 e. The summed E-state index contributed by atoms with van der Waals surface area (Å²) in [5, 5.41) is 0. The van der Waals surface area contributed by atoms with E-state index in [0.717, 1.165) is 23.3 Å². The predicted octanol–water partition coefficient (Wildman–Crippen LogP) is 3.92. The van der Waals surface area contributed by atoms with Crippen molar-refractivity contribution in [2.24, 2.45) is 0 Å². The first-order valence-corrected chi connectivity index (χ1v) is 6.56. The average molecular weight is 264 g/mol. The average Bonchev–Trinajstić information content (AvgIpc) is 2.38. The summed E-state index contributed by atoms with van der Waals surface area (Å²) in [4.78, 5) is 12.4. The van der Waals surface area contributed by atoms with Crippen LogP contribution in [0.3, 0.4) is 0 Å². The maximum absolute atomic E-state index is 11.4. The Kier molecular flexibility index (Phi) is 5.03. The fourth-order valence-corrected chi connectivity index (χ4v) is 2.16. The van der Waals surface area contributed by atoms with Crippen LogP contribution in [0.25, 0.3) is 0 Å². The molecule has 0 atom stereocenters. The fourth-order valence-electron chi connectivity index (χ4n) is 1.84. The maximum atomic E-state index is 11.4. The van der Waals surface area contributed by atoms with Gasteiger partial charge < -0.3 is 4.74 Å². The van der Waals surface area contributed by atoms with E-state index in [0.29, 0.717) is 5.56 Å². The molecule has 0 unspecified atom stereocenters. The van der Waals surface area contributed by atoms with Crippen molar-refractivity contribution in [3.05, 3.63) is 35.4 Å². The van der Waals surface area contributed by atoms with E-state index in [9.17, 15) is 4.79 Å². The Labute approximate surface area is 114 Å². The first-order valence-electron chi connectivity index (χ1n) is 6.15. The van der Waals surface area contributed by atoms with Crippen LogP contribution in [0, 0.1) is 0 Å². The van der Waals surface area contributed by atoms with Crippen molar-refractivity contribution in [2.75, 3.05) is 7.11 Å². The van der Waals surface area contributed by atoms with E-state index in [4.69, 9.17) is 12.2 Å². The Morgan fingerprint density at radius 1 is 1.28 bits per heavy atom. The van der Waals surface area contributed by atoms with Gasteiger partial charge in [-0.1, -0.05) is 51.5 Å². The van der Waals surface area contributed by atoms with Crippen LogP contribution in [0.15, 0.2) is 24.3 Å². The standard InChI is InChI=1S/C15H20O2S/c1-5-6-13(18)15(2,3)12-9-7-11(8-10-12)14(16)17-4/h7-10H,5-6H2,1-4H3. The third kappa shape index (κ3) is 3.16. The largest absolute Gasteiger partial charge is 0.465 e. The van der Waals surface area contributed by atoms with Gasteiger partial charge >= 0.3 is 5.97 Å². The summed E-state index contributed by atoms with van der Waals surface area (Å²) in [5.41, 5.74) is 1.56. The van der Waals surface area contributed by atoms with Gasteiger partial charge in [0.1, 0.15) is 0 Å². The molecule has 0 N–H and O–H groups in total. The second kappa shape index (κ2) is 6.10. The molecule has 2 nitrogen and oxygen atoms in total. The number of ether oxygens (including phenoxy) is 1. The Morgan fingerprint density at radius 2 is 1.83 bits per heavy atom. The van der Waals surface area contributed by atoms with E-state index in [1.54, 1.807) is 12.1 Å². The van der Waals surface area contributed by atoms with Gasteiger partial charge in [-0.05, 0) is 24.1 Å². The highest BCUT2D eigenvalue weighted by molar-refractivity contribution is 7.80. The highest BCUT2D eigenvalue weighted by atomic mass is 32.1. The minimum Gasteiger partial charge on any atom is -0.465 e. The molecule has 98 valence electrons. The number of carbonyl (C=O) groups is 1. The van der Waals surface area contributed by atoms with Crippen molar-refractivity contribution in [3.8, 4) is 0 Å². The Bertz CT molecular complexity index is 432. The molecule has 3 heteroatoms. The Balaban J connectivity index is 2.97. The summed E-state index contributed by atoms with van der Waals surface area (Å²) >= 11 is 5.49. The number of methoxy groups -OCH3 is 1. The summed E-state index contributed by atoms with van der Waals surface area (Å²) in [7, 11) is 1.39. The lowest BCUT2D eigenvalue weighted by Crippen LogP contribution is -2.27. The number of carbonyl (C=O) groups excluding carboxylic acids is 1. The van der Waals surface area contributed by atoms with E-state index in [2.05, 4.69) is 25.5 Å². The molecule has 0 amide bonds. The summed E-state index contributed by atoms with van der Waals surface area (Å²) in [5.74, 6) is -0.310. The number of hydrogen-bond donors (Lipinski definition) is 0. The molecule has 0 saturated carbocycles. The normalized spacial score (nSPS) is 11.1. The van der Waals surface area contributed by atoms with Crippen LogP contribution in [0.2, 0.25) is 0 Å². The second-order valence-corrected chi connectivity index (χ2v) is 5.36. The van der Waals surface area contributed by atoms with Crippen molar-refractivity contribution in [1.29, 1.82) is 0 Å². The van der Waals surface area contributed by atoms with E-state index >= 15 is 0 Å². The number of esters is 1. The zero-order valence-corrected chi connectivity index (χ0v) is 12.3. The molecular weight excluding hydrogens is 244 g/mol. The summed E-state index contributed by atoms with van der Waals surface area (Å²) in [6.07, 6.45) is 2.00. The van der Waals surface area contributed by atoms with Crippen molar-refractivity contribution < 1.29 is 9.53 Å². The lowest BCUT2D eigenvalue weighted by Gasteiger charge is -2.26. The van der Waals surface area contributed by atoms with Crippen molar-refractivity contribution in [3.63, 3.8) is 0 Å². The summed E-state index contributed by atoms with van der Waals surface area (Å²) < 4.78 is 4.68. The fraction of sp³-hybridized carbons (Fsp3) is 0.467. The molecule has 1 aromatic carbocycles. The van der Waals surface area contributed by atoms with Crippen LogP contribution in [0.4, 0.5) is 0 Å². The van der Waals surface area contributed by atoms with Crippen LogP contribution in [-0.4, -0.2) is 17.9 Å². The van der Waals surface area contributed by atoms with Crippen molar-refractivity contribution >= 4 is 23.1 Å². The third-order valence-electron chi connectivity index (χ3n) is 3.20. The number of benzene rings is 1. The van der Waals surface area contributed by atoms with Gasteiger partial charge in [0.15, 0.2) is 0 Å². The molecule has 0 aliphatic rings. The van der Waals surface area contributed by atoms with Gasteiger partial charge in [0.2, 0.25) is 0 Å². The first-order chi connectivity index (χ1) is 8.43. The molecule has 1 aromatic rings. The van der Waals surface area contributed by atoms with Gasteiger partial charge in [-0.3, -0.25) is 0 Å². The highest BCUT2D eigenvalue weighted by Crippen LogP contribution is 2.27. The number of thiocarbonyl (C=S) groups is 1. The van der Waals surface area contributed by atoms with Gasteiger partial charge in [0, 0.05) is 10.3 Å². The van der Waals surface area contributed by atoms with Crippen LogP contribution < -0.4 is 0 Å². The van der Waals surface area contributed by atoms with Crippen LogP contribution in [0.5, 0.6) is 0 Å². The van der Waals surface area contributed by atoms with Crippen molar-refractivity contribution in [1.82, 2.24) is 0 Å². The lowest BCUT2D eigenvalue weighted by atomic mass is 9.79.